The van der Waals surface area contributed by atoms with Crippen molar-refractivity contribution in [1.82, 2.24) is 4.47 Å². The Kier molecular flexibility index (Phi) is 3.60. The van der Waals surface area contributed by atoms with Gasteiger partial charge in [-0.05, 0) is 19.7 Å². The van der Waals surface area contributed by atoms with Gasteiger partial charge in [0.1, 0.15) is 0 Å². The number of rotatable bonds is 1. The molecule has 0 aliphatic carbocycles. The summed E-state index contributed by atoms with van der Waals surface area (Å²) in [5.74, 6) is 2.20. The summed E-state index contributed by atoms with van der Waals surface area (Å²) in [6.45, 7) is 0.436. The summed E-state index contributed by atoms with van der Waals surface area (Å²) in [5.41, 5.74) is 1.35. The van der Waals surface area contributed by atoms with E-state index in [1.165, 1.54) is 5.46 Å². The fourth-order valence-corrected chi connectivity index (χ4v) is 1.52. The van der Waals surface area contributed by atoms with Gasteiger partial charge in [0, 0.05) is 0 Å². The third-order valence-corrected chi connectivity index (χ3v) is 2.19. The SMILES string of the molecule is Cn1ccc[b-]1-c1ccccc1.[Li+]. The molecule has 3 heteroatoms. The van der Waals surface area contributed by atoms with Crippen LogP contribution in [0.4, 0.5) is 0 Å². The van der Waals surface area contributed by atoms with E-state index in [2.05, 4.69) is 54.0 Å². The van der Waals surface area contributed by atoms with E-state index in [-0.39, 0.29) is 18.9 Å². The predicted octanol–water partition coefficient (Wildman–Crippen LogP) is -0.956. The van der Waals surface area contributed by atoms with Crippen LogP contribution in [0.3, 0.4) is 0 Å². The van der Waals surface area contributed by atoms with Crippen molar-refractivity contribution >= 4 is 6.49 Å². The van der Waals surface area contributed by atoms with Crippen LogP contribution in [0.2, 0.25) is 0 Å². The summed E-state index contributed by atoms with van der Waals surface area (Å²) in [5, 5.41) is 0. The van der Waals surface area contributed by atoms with Crippen molar-refractivity contribution < 1.29 is 18.9 Å². The van der Waals surface area contributed by atoms with Crippen LogP contribution in [0, 0.1) is 0 Å². The average Bonchev–Trinajstić information content (AvgIpc) is 2.53. The van der Waals surface area contributed by atoms with Crippen molar-refractivity contribution in [3.05, 3.63) is 48.6 Å². The van der Waals surface area contributed by atoms with Crippen LogP contribution in [-0.2, 0) is 7.05 Å². The number of hydrogen-bond acceptors (Lipinski definition) is 0. The molecule has 2 rings (SSSR count). The molecule has 0 saturated heterocycles. The minimum absolute atomic E-state index is 0. The number of aryl methyl sites for hydroxylation is 1. The second-order valence-electron chi connectivity index (χ2n) is 3.05. The zero-order chi connectivity index (χ0) is 8.39. The standard InChI is InChI=1S/C10H11BN.Li/c1-12-9-5-8-11(12)10-6-3-2-4-7-10;/h2-9H,1H3;/q-1;+1. The Morgan fingerprint density at radius 2 is 1.77 bits per heavy atom. The summed E-state index contributed by atoms with van der Waals surface area (Å²) in [6.07, 6.45) is 2.09. The van der Waals surface area contributed by atoms with Crippen LogP contribution in [0.15, 0.2) is 48.6 Å². The van der Waals surface area contributed by atoms with E-state index in [0.717, 1.165) is 0 Å². The second-order valence-corrected chi connectivity index (χ2v) is 3.05. The van der Waals surface area contributed by atoms with Crippen molar-refractivity contribution in [1.29, 1.82) is 0 Å². The van der Waals surface area contributed by atoms with Gasteiger partial charge in [-0.15, -0.1) is 0 Å². The number of nitrogens with zero attached hydrogens (tertiary/aromatic N) is 1. The van der Waals surface area contributed by atoms with E-state index in [1.54, 1.807) is 0 Å². The number of hydrogen-bond donors (Lipinski definition) is 0. The normalized spacial score (nSPS) is 9.31. The topological polar surface area (TPSA) is 4.93 Å². The maximum Gasteiger partial charge on any atom is 1.00 e. The quantitative estimate of drug-likeness (QED) is 0.477. The Balaban J connectivity index is 0.000000845. The monoisotopic (exact) mass is 163 g/mol. The molecule has 0 N–H and O–H groups in total. The van der Waals surface area contributed by atoms with E-state index in [0.29, 0.717) is 6.49 Å². The Hall–Kier alpha value is -0.708. The van der Waals surface area contributed by atoms with Crippen LogP contribution in [0.1, 0.15) is 0 Å². The van der Waals surface area contributed by atoms with Crippen LogP contribution in [0.5, 0.6) is 0 Å². The van der Waals surface area contributed by atoms with Crippen molar-refractivity contribution in [3.8, 4) is 5.46 Å². The molecule has 1 nitrogen and oxygen atoms in total. The molecule has 0 fully saturated rings. The summed E-state index contributed by atoms with van der Waals surface area (Å²) < 4.78 is 2.20. The van der Waals surface area contributed by atoms with E-state index in [1.807, 2.05) is 6.07 Å². The van der Waals surface area contributed by atoms with Gasteiger partial charge < -0.3 is 4.47 Å². The van der Waals surface area contributed by atoms with Gasteiger partial charge in [0.05, 0.1) is 0 Å². The maximum atomic E-state index is 2.20. The van der Waals surface area contributed by atoms with Gasteiger partial charge in [-0.2, -0.15) is 0 Å². The first kappa shape index (κ1) is 10.4. The Bertz CT molecular complexity index is 369. The minimum atomic E-state index is 0. The summed E-state index contributed by atoms with van der Waals surface area (Å²) in [7, 11) is 2.09. The predicted molar refractivity (Wildman–Crippen MR) is 52.7 cm³/mol. The smallest absolute Gasteiger partial charge is 0.563 e. The van der Waals surface area contributed by atoms with Gasteiger partial charge in [-0.1, -0.05) is 36.4 Å². The molecule has 1 heterocycles. The molecule has 0 saturated carbocycles. The van der Waals surface area contributed by atoms with Gasteiger partial charge >= 0.3 is 18.9 Å². The van der Waals surface area contributed by atoms with Crippen molar-refractivity contribution in [2.24, 2.45) is 7.05 Å². The van der Waals surface area contributed by atoms with Crippen LogP contribution >= 0.6 is 0 Å². The average molecular weight is 163 g/mol. The number of aromatic nitrogens is 1. The fourth-order valence-electron chi connectivity index (χ4n) is 1.52. The summed E-state index contributed by atoms with van der Waals surface area (Å²) in [4.78, 5) is 0. The molecule has 1 aromatic heterocycles. The number of benzene rings is 1. The van der Waals surface area contributed by atoms with Gasteiger partial charge in [0.25, 0.3) is 0 Å². The molecular weight excluding hydrogens is 152 g/mol. The summed E-state index contributed by atoms with van der Waals surface area (Å²) >= 11 is 0. The molecule has 0 bridgehead atoms. The van der Waals surface area contributed by atoms with Crippen LogP contribution < -0.4 is 18.9 Å². The maximum absolute atomic E-state index is 2.20. The zero-order valence-electron chi connectivity index (χ0n) is 8.14. The van der Waals surface area contributed by atoms with Crippen molar-refractivity contribution in [3.63, 3.8) is 0 Å². The van der Waals surface area contributed by atoms with Crippen LogP contribution in [0.25, 0.3) is 5.46 Å². The summed E-state index contributed by atoms with van der Waals surface area (Å²) in [6, 6.07) is 12.6. The minimum Gasteiger partial charge on any atom is -0.563 e. The third-order valence-electron chi connectivity index (χ3n) is 2.19. The van der Waals surface area contributed by atoms with Crippen molar-refractivity contribution in [2.75, 3.05) is 0 Å². The largest absolute Gasteiger partial charge is 1.00 e. The second kappa shape index (κ2) is 4.51. The molecule has 2 aromatic rings. The molecule has 0 amide bonds. The molecule has 0 atom stereocenters. The molecular formula is C10H11BLiN. The molecule has 0 aliphatic rings. The molecule has 60 valence electrons. The molecule has 0 spiro atoms. The first-order valence-electron chi connectivity index (χ1n) is 4.16. The van der Waals surface area contributed by atoms with Gasteiger partial charge in [-0.25, -0.2) is 11.4 Å². The molecule has 0 aliphatic heterocycles. The van der Waals surface area contributed by atoms with Gasteiger partial charge in [-0.3, -0.25) is 0 Å². The first-order valence-corrected chi connectivity index (χ1v) is 4.16. The zero-order valence-corrected chi connectivity index (χ0v) is 8.14. The fraction of sp³-hybridized carbons (Fsp3) is 0.100. The molecule has 0 radical (unpaired) electrons. The van der Waals surface area contributed by atoms with Crippen LogP contribution in [-0.4, -0.2) is 11.0 Å². The molecule has 13 heavy (non-hydrogen) atoms. The van der Waals surface area contributed by atoms with Gasteiger partial charge in [0.2, 0.25) is 0 Å². The Labute approximate surface area is 91.0 Å². The molecule has 1 aromatic carbocycles. The van der Waals surface area contributed by atoms with E-state index >= 15 is 0 Å². The van der Waals surface area contributed by atoms with Crippen molar-refractivity contribution in [2.45, 2.75) is 0 Å². The van der Waals surface area contributed by atoms with E-state index in [4.69, 9.17) is 0 Å². The Morgan fingerprint density at radius 1 is 1.08 bits per heavy atom. The van der Waals surface area contributed by atoms with Gasteiger partial charge in [0.15, 0.2) is 0 Å². The first-order chi connectivity index (χ1) is 5.88. The molecule has 0 unspecified atom stereocenters. The van der Waals surface area contributed by atoms with E-state index in [9.17, 15) is 0 Å². The third kappa shape index (κ3) is 2.15. The van der Waals surface area contributed by atoms with E-state index < -0.39 is 0 Å². The Morgan fingerprint density at radius 3 is 2.31 bits per heavy atom.